The van der Waals surface area contributed by atoms with Gasteiger partial charge in [-0.1, -0.05) is 44.2 Å². The van der Waals surface area contributed by atoms with Crippen molar-refractivity contribution in [3.05, 3.63) is 64.1 Å². The van der Waals surface area contributed by atoms with Crippen LogP contribution in [0, 0.1) is 0 Å². The van der Waals surface area contributed by atoms with E-state index < -0.39 is 5.91 Å². The molecule has 0 atom stereocenters. The molecule has 0 spiro atoms. The number of hydrogen-bond donors (Lipinski definition) is 2. The molecule has 2 aromatic carbocycles. The highest BCUT2D eigenvalue weighted by molar-refractivity contribution is 8.18. The molecular formula is C22H22N2O4S. The number of imide groups is 1. The molecule has 6 nitrogen and oxygen atoms in total. The second-order valence-electron chi connectivity index (χ2n) is 6.42. The predicted molar refractivity (Wildman–Crippen MR) is 115 cm³/mol. The Labute approximate surface area is 173 Å². The van der Waals surface area contributed by atoms with E-state index in [4.69, 9.17) is 4.74 Å². The average molecular weight is 410 g/mol. The summed E-state index contributed by atoms with van der Waals surface area (Å²) < 4.78 is 5.58. The normalized spacial score (nSPS) is 14.8. The molecule has 1 heterocycles. The summed E-state index contributed by atoms with van der Waals surface area (Å²) in [4.78, 5) is 35.5. The summed E-state index contributed by atoms with van der Waals surface area (Å²) in [7, 11) is 0. The molecule has 0 unspecified atom stereocenters. The maximum atomic E-state index is 12.4. The Morgan fingerprint density at radius 3 is 2.28 bits per heavy atom. The van der Waals surface area contributed by atoms with Gasteiger partial charge >= 0.3 is 0 Å². The largest absolute Gasteiger partial charge is 0.484 e. The number of hydrogen-bond acceptors (Lipinski definition) is 5. The van der Waals surface area contributed by atoms with Gasteiger partial charge in [-0.05, 0) is 59.5 Å². The van der Waals surface area contributed by atoms with Gasteiger partial charge in [-0.15, -0.1) is 0 Å². The molecule has 0 aromatic heterocycles. The molecular weight excluding hydrogens is 388 g/mol. The van der Waals surface area contributed by atoms with E-state index in [0.717, 1.165) is 47.0 Å². The first-order chi connectivity index (χ1) is 14.0. The zero-order valence-corrected chi connectivity index (χ0v) is 17.1. The highest BCUT2D eigenvalue weighted by Crippen LogP contribution is 2.26. The van der Waals surface area contributed by atoms with Gasteiger partial charge in [0.2, 0.25) is 0 Å². The molecule has 1 saturated heterocycles. The Balaban J connectivity index is 1.59. The minimum Gasteiger partial charge on any atom is -0.484 e. The van der Waals surface area contributed by atoms with Crippen molar-refractivity contribution >= 4 is 40.6 Å². The van der Waals surface area contributed by atoms with Crippen LogP contribution in [0.4, 0.5) is 10.5 Å². The van der Waals surface area contributed by atoms with Crippen LogP contribution in [-0.2, 0) is 22.4 Å². The Hall–Kier alpha value is -3.06. The maximum absolute atomic E-state index is 12.4. The van der Waals surface area contributed by atoms with E-state index in [2.05, 4.69) is 24.5 Å². The van der Waals surface area contributed by atoms with E-state index >= 15 is 0 Å². The van der Waals surface area contributed by atoms with Crippen molar-refractivity contribution in [2.75, 3.05) is 11.9 Å². The van der Waals surface area contributed by atoms with Crippen molar-refractivity contribution < 1.29 is 19.1 Å². The van der Waals surface area contributed by atoms with Gasteiger partial charge in [0.1, 0.15) is 5.75 Å². The Morgan fingerprint density at radius 2 is 1.72 bits per heavy atom. The standard InChI is InChI=1S/C22H22N2O4S/c1-3-15-6-5-7-16(4-2)20(15)23-19(25)13-28-17-10-8-14(9-11-17)12-18-21(26)24-22(27)29-18/h5-12H,3-4,13H2,1-2H3,(H,23,25)(H,24,26,27)/b18-12-. The SMILES string of the molecule is CCc1cccc(CC)c1NC(=O)COc1ccc(/C=C2\SC(=O)NC2=O)cc1. The monoisotopic (exact) mass is 410 g/mol. The van der Waals surface area contributed by atoms with Gasteiger partial charge in [0, 0.05) is 5.69 Å². The van der Waals surface area contributed by atoms with Crippen LogP contribution in [-0.4, -0.2) is 23.7 Å². The van der Waals surface area contributed by atoms with Crippen molar-refractivity contribution in [2.24, 2.45) is 0 Å². The van der Waals surface area contributed by atoms with E-state index in [-0.39, 0.29) is 17.8 Å². The van der Waals surface area contributed by atoms with Crippen LogP contribution in [0.5, 0.6) is 5.75 Å². The molecule has 29 heavy (non-hydrogen) atoms. The molecule has 1 aliphatic heterocycles. The van der Waals surface area contributed by atoms with Crippen LogP contribution in [0.15, 0.2) is 47.4 Å². The van der Waals surface area contributed by atoms with Crippen LogP contribution in [0.2, 0.25) is 0 Å². The summed E-state index contributed by atoms with van der Waals surface area (Å²) in [6, 6.07) is 13.0. The highest BCUT2D eigenvalue weighted by atomic mass is 32.2. The highest BCUT2D eigenvalue weighted by Gasteiger charge is 2.24. The Kier molecular flexibility index (Phi) is 6.72. The lowest BCUT2D eigenvalue weighted by Crippen LogP contribution is -2.21. The van der Waals surface area contributed by atoms with Gasteiger partial charge in [-0.2, -0.15) is 0 Å². The number of rotatable bonds is 7. The van der Waals surface area contributed by atoms with Crippen LogP contribution in [0.1, 0.15) is 30.5 Å². The lowest BCUT2D eigenvalue weighted by molar-refractivity contribution is -0.118. The van der Waals surface area contributed by atoms with E-state index in [1.807, 2.05) is 18.2 Å². The van der Waals surface area contributed by atoms with Gasteiger partial charge in [0.15, 0.2) is 6.61 Å². The quantitative estimate of drug-likeness (QED) is 0.670. The van der Waals surface area contributed by atoms with Crippen LogP contribution in [0.3, 0.4) is 0 Å². The van der Waals surface area contributed by atoms with Crippen molar-refractivity contribution in [1.29, 1.82) is 0 Å². The minimum atomic E-state index is -0.393. The van der Waals surface area contributed by atoms with Crippen LogP contribution < -0.4 is 15.4 Å². The fraction of sp³-hybridized carbons (Fsp3) is 0.227. The zero-order valence-electron chi connectivity index (χ0n) is 16.3. The molecule has 0 aliphatic carbocycles. The molecule has 0 radical (unpaired) electrons. The Morgan fingerprint density at radius 1 is 1.07 bits per heavy atom. The van der Waals surface area contributed by atoms with Gasteiger partial charge in [0.05, 0.1) is 4.91 Å². The third-order valence-corrected chi connectivity index (χ3v) is 5.26. The van der Waals surface area contributed by atoms with Gasteiger partial charge in [-0.3, -0.25) is 19.7 Å². The fourth-order valence-corrected chi connectivity index (χ4v) is 3.64. The summed E-state index contributed by atoms with van der Waals surface area (Å²) >= 11 is 0.871. The number of carbonyl (C=O) groups is 3. The number of benzene rings is 2. The van der Waals surface area contributed by atoms with Crippen molar-refractivity contribution in [2.45, 2.75) is 26.7 Å². The molecule has 7 heteroatoms. The number of carbonyl (C=O) groups excluding carboxylic acids is 3. The molecule has 1 aliphatic rings. The third kappa shape index (κ3) is 5.26. The molecule has 1 fully saturated rings. The molecule has 0 bridgehead atoms. The topological polar surface area (TPSA) is 84.5 Å². The zero-order chi connectivity index (χ0) is 20.8. The first-order valence-electron chi connectivity index (χ1n) is 9.38. The average Bonchev–Trinajstić information content (AvgIpc) is 3.04. The minimum absolute atomic E-state index is 0.103. The van der Waals surface area contributed by atoms with Gasteiger partial charge < -0.3 is 10.1 Å². The molecule has 3 rings (SSSR count). The number of thioether (sulfide) groups is 1. The van der Waals surface area contributed by atoms with E-state index in [1.54, 1.807) is 30.3 Å². The number of amides is 3. The lowest BCUT2D eigenvalue weighted by Gasteiger charge is -2.14. The number of nitrogens with one attached hydrogen (secondary N) is 2. The van der Waals surface area contributed by atoms with E-state index in [9.17, 15) is 14.4 Å². The van der Waals surface area contributed by atoms with Crippen LogP contribution >= 0.6 is 11.8 Å². The number of ether oxygens (including phenoxy) is 1. The number of para-hydroxylation sites is 1. The van der Waals surface area contributed by atoms with Crippen molar-refractivity contribution in [3.8, 4) is 5.75 Å². The molecule has 2 aromatic rings. The first-order valence-corrected chi connectivity index (χ1v) is 10.2. The van der Waals surface area contributed by atoms with E-state index in [1.165, 1.54) is 0 Å². The fourth-order valence-electron chi connectivity index (χ4n) is 2.96. The summed E-state index contributed by atoms with van der Waals surface area (Å²) in [6.07, 6.45) is 3.31. The summed E-state index contributed by atoms with van der Waals surface area (Å²) in [5, 5.41) is 4.81. The van der Waals surface area contributed by atoms with Crippen LogP contribution in [0.25, 0.3) is 6.08 Å². The molecule has 150 valence electrons. The summed E-state index contributed by atoms with van der Waals surface area (Å²) in [5.41, 5.74) is 3.83. The summed E-state index contributed by atoms with van der Waals surface area (Å²) in [5.74, 6) is -0.0680. The first kappa shape index (κ1) is 20.7. The lowest BCUT2D eigenvalue weighted by atomic mass is 10.0. The molecule has 0 saturated carbocycles. The van der Waals surface area contributed by atoms with Gasteiger partial charge in [0.25, 0.3) is 17.1 Å². The second-order valence-corrected chi connectivity index (χ2v) is 7.43. The van der Waals surface area contributed by atoms with Crippen molar-refractivity contribution in [1.82, 2.24) is 5.32 Å². The number of aryl methyl sites for hydroxylation is 2. The number of anilines is 1. The maximum Gasteiger partial charge on any atom is 0.290 e. The van der Waals surface area contributed by atoms with Crippen molar-refractivity contribution in [3.63, 3.8) is 0 Å². The second kappa shape index (κ2) is 9.43. The Bertz CT molecular complexity index is 945. The molecule has 2 N–H and O–H groups in total. The van der Waals surface area contributed by atoms with E-state index in [0.29, 0.717) is 10.7 Å². The molecule has 3 amide bonds. The summed E-state index contributed by atoms with van der Waals surface area (Å²) in [6.45, 7) is 4.01. The third-order valence-electron chi connectivity index (χ3n) is 4.45. The predicted octanol–water partition coefficient (Wildman–Crippen LogP) is 4.15. The van der Waals surface area contributed by atoms with Gasteiger partial charge in [-0.25, -0.2) is 0 Å². The smallest absolute Gasteiger partial charge is 0.290 e.